The Morgan fingerprint density at radius 2 is 2.00 bits per heavy atom. The number of benzene rings is 1. The zero-order valence-corrected chi connectivity index (χ0v) is 23.9. The van der Waals surface area contributed by atoms with Crippen LogP contribution in [0.4, 0.5) is 5.95 Å². The third-order valence-electron chi connectivity index (χ3n) is 7.06. The van der Waals surface area contributed by atoms with E-state index < -0.39 is 27.9 Å². The Bertz CT molecular complexity index is 1390. The predicted octanol–water partition coefficient (Wildman–Crippen LogP) is 3.53. The maximum atomic E-state index is 14.1. The number of sulfonamides is 1. The van der Waals surface area contributed by atoms with Crippen LogP contribution in [0.2, 0.25) is 0 Å². The molecule has 2 heterocycles. The number of ether oxygens (including phenoxy) is 1. The number of aryl methyl sites for hydroxylation is 1. The number of rotatable bonds is 13. The van der Waals surface area contributed by atoms with Crippen LogP contribution in [0.25, 0.3) is 10.9 Å². The molecule has 1 aliphatic rings. The van der Waals surface area contributed by atoms with Crippen molar-refractivity contribution in [3.63, 3.8) is 0 Å². The van der Waals surface area contributed by atoms with E-state index in [0.717, 1.165) is 37.7 Å². The van der Waals surface area contributed by atoms with Crippen molar-refractivity contribution in [2.24, 2.45) is 0 Å². The van der Waals surface area contributed by atoms with Crippen LogP contribution in [0.15, 0.2) is 47.8 Å². The molecule has 2 aromatic heterocycles. The molecule has 1 aliphatic carbocycles. The predicted molar refractivity (Wildman–Crippen MR) is 152 cm³/mol. The summed E-state index contributed by atoms with van der Waals surface area (Å²) in [6.07, 6.45) is 10.1. The molecule has 1 aromatic carbocycles. The first kappa shape index (κ1) is 29.5. The highest BCUT2D eigenvalue weighted by atomic mass is 32.2. The summed E-state index contributed by atoms with van der Waals surface area (Å²) >= 11 is 0. The lowest BCUT2D eigenvalue weighted by atomic mass is 9.93. The van der Waals surface area contributed by atoms with Gasteiger partial charge in [0.1, 0.15) is 17.5 Å². The maximum Gasteiger partial charge on any atom is 0.325 e. The molecule has 1 amide bonds. The molecule has 0 bridgehead atoms. The van der Waals surface area contributed by atoms with Crippen LogP contribution in [0.5, 0.6) is 0 Å². The molecule has 1 atom stereocenters. The van der Waals surface area contributed by atoms with Gasteiger partial charge in [0.15, 0.2) is 5.95 Å². The van der Waals surface area contributed by atoms with Gasteiger partial charge in [-0.15, -0.1) is 0 Å². The van der Waals surface area contributed by atoms with Gasteiger partial charge in [0.25, 0.3) is 0 Å². The van der Waals surface area contributed by atoms with Crippen LogP contribution in [0.3, 0.4) is 0 Å². The summed E-state index contributed by atoms with van der Waals surface area (Å²) in [6, 6.07) is 5.60. The number of fused-ring (bicyclic) bond motifs is 1. The number of para-hydroxylation sites is 1. The smallest absolute Gasteiger partial charge is 0.325 e. The van der Waals surface area contributed by atoms with E-state index in [9.17, 15) is 18.0 Å². The Kier molecular flexibility index (Phi) is 10.1. The molecular weight excluding hydrogens is 532 g/mol. The fourth-order valence-corrected chi connectivity index (χ4v) is 6.55. The second-order valence-electron chi connectivity index (χ2n) is 10.1. The molecule has 3 N–H and O–H groups in total. The minimum Gasteiger partial charge on any atom is -0.465 e. The molecule has 0 spiro atoms. The molecule has 0 radical (unpaired) electrons. The molecule has 12 heteroatoms. The Morgan fingerprint density at radius 3 is 2.73 bits per heavy atom. The van der Waals surface area contributed by atoms with Gasteiger partial charge in [-0.1, -0.05) is 31.4 Å². The number of H-pyrrole nitrogens is 1. The molecule has 0 aliphatic heterocycles. The molecule has 216 valence electrons. The first-order valence-electron chi connectivity index (χ1n) is 13.9. The second kappa shape index (κ2) is 13.7. The van der Waals surface area contributed by atoms with Crippen LogP contribution in [-0.2, 0) is 24.3 Å². The minimum absolute atomic E-state index is 0.00567. The van der Waals surface area contributed by atoms with E-state index in [-0.39, 0.29) is 30.5 Å². The van der Waals surface area contributed by atoms with Gasteiger partial charge in [0.05, 0.1) is 12.1 Å². The summed E-state index contributed by atoms with van der Waals surface area (Å²) in [4.78, 5) is 39.6. The number of aromatic amines is 1. The van der Waals surface area contributed by atoms with Gasteiger partial charge in [-0.3, -0.25) is 14.6 Å². The van der Waals surface area contributed by atoms with E-state index in [2.05, 4.69) is 25.0 Å². The van der Waals surface area contributed by atoms with Gasteiger partial charge >= 0.3 is 5.97 Å². The maximum absolute atomic E-state index is 14.1. The number of aromatic nitrogens is 3. The summed E-state index contributed by atoms with van der Waals surface area (Å²) in [6.45, 7) is 4.06. The van der Waals surface area contributed by atoms with E-state index in [1.165, 1.54) is 11.0 Å². The third-order valence-corrected chi connectivity index (χ3v) is 8.56. The highest BCUT2D eigenvalue weighted by Gasteiger charge is 2.35. The van der Waals surface area contributed by atoms with E-state index >= 15 is 0 Å². The van der Waals surface area contributed by atoms with Gasteiger partial charge in [-0.2, -0.15) is 4.72 Å². The number of amides is 1. The number of nitrogens with one attached hydrogen (secondary N) is 3. The number of esters is 1. The summed E-state index contributed by atoms with van der Waals surface area (Å²) < 4.78 is 35.3. The minimum atomic E-state index is -4.14. The fraction of sp³-hybridized carbons (Fsp3) is 0.500. The number of nitrogens with zero attached hydrogens (tertiary/aromatic N) is 3. The summed E-state index contributed by atoms with van der Waals surface area (Å²) in [5.41, 5.74) is 1.25. The number of hydrogen-bond acceptors (Lipinski definition) is 8. The third kappa shape index (κ3) is 7.57. The number of hydrogen-bond donors (Lipinski definition) is 3. The van der Waals surface area contributed by atoms with Crippen LogP contribution in [-0.4, -0.2) is 71.9 Å². The molecular formula is C28H38N6O5S. The second-order valence-corrected chi connectivity index (χ2v) is 11.8. The zero-order chi connectivity index (χ0) is 28.5. The average Bonchev–Trinajstić information content (AvgIpc) is 3.47. The van der Waals surface area contributed by atoms with E-state index in [0.29, 0.717) is 29.8 Å². The lowest BCUT2D eigenvalue weighted by molar-refractivity contribution is -0.151. The highest BCUT2D eigenvalue weighted by molar-refractivity contribution is 7.89. The SMILES string of the molecule is CCOC(=O)CN(C(=O)[C@H](CCCNc1ncc[nH]1)NS(=O)(=O)c1cccc2cc(C)cnc12)C1CCCCC1. The van der Waals surface area contributed by atoms with Crippen LogP contribution in [0.1, 0.15) is 57.4 Å². The first-order chi connectivity index (χ1) is 19.3. The van der Waals surface area contributed by atoms with E-state index in [4.69, 9.17) is 4.74 Å². The van der Waals surface area contributed by atoms with Gasteiger partial charge in [0, 0.05) is 36.6 Å². The molecule has 1 saturated carbocycles. The summed E-state index contributed by atoms with van der Waals surface area (Å²) in [5, 5.41) is 3.83. The fourth-order valence-electron chi connectivity index (χ4n) is 5.14. The molecule has 4 rings (SSSR count). The van der Waals surface area contributed by atoms with Crippen molar-refractivity contribution in [1.82, 2.24) is 24.6 Å². The lowest BCUT2D eigenvalue weighted by Gasteiger charge is -2.36. The zero-order valence-electron chi connectivity index (χ0n) is 23.1. The number of pyridine rings is 1. The van der Waals surface area contributed by atoms with Crippen molar-refractivity contribution in [2.45, 2.75) is 75.8 Å². The van der Waals surface area contributed by atoms with Crippen molar-refractivity contribution in [3.05, 3.63) is 48.4 Å². The Morgan fingerprint density at radius 1 is 1.20 bits per heavy atom. The highest BCUT2D eigenvalue weighted by Crippen LogP contribution is 2.26. The Balaban J connectivity index is 1.61. The number of carbonyl (C=O) groups is 2. The standard InChI is InChI=1S/C28H38N6O5S/c1-3-39-25(35)19-34(22-10-5-4-6-11-22)27(36)23(12-8-14-29-28-30-15-16-31-28)33-40(37,38)24-13-7-9-21-17-20(2)18-32-26(21)24/h7,9,13,15-18,22-23,33H,3-6,8,10-12,14,19H2,1-2H3,(H2,29,30,31)/t23-/m0/s1. The monoisotopic (exact) mass is 570 g/mol. The van der Waals surface area contributed by atoms with Crippen molar-refractivity contribution in [3.8, 4) is 0 Å². The van der Waals surface area contributed by atoms with Crippen molar-refractivity contribution >= 4 is 38.8 Å². The molecule has 40 heavy (non-hydrogen) atoms. The van der Waals surface area contributed by atoms with Crippen LogP contribution >= 0.6 is 0 Å². The molecule has 11 nitrogen and oxygen atoms in total. The van der Waals surface area contributed by atoms with E-state index in [1.807, 2.05) is 13.0 Å². The van der Waals surface area contributed by atoms with Crippen LogP contribution in [0, 0.1) is 6.92 Å². The van der Waals surface area contributed by atoms with Crippen molar-refractivity contribution < 1.29 is 22.7 Å². The summed E-state index contributed by atoms with van der Waals surface area (Å²) in [7, 11) is -4.14. The van der Waals surface area contributed by atoms with Crippen molar-refractivity contribution in [1.29, 1.82) is 0 Å². The largest absolute Gasteiger partial charge is 0.465 e. The topological polar surface area (TPSA) is 146 Å². The van der Waals surface area contributed by atoms with Crippen LogP contribution < -0.4 is 10.0 Å². The number of carbonyl (C=O) groups excluding carboxylic acids is 2. The quantitative estimate of drug-likeness (QED) is 0.209. The molecule has 1 fully saturated rings. The molecule has 0 saturated heterocycles. The van der Waals surface area contributed by atoms with Gasteiger partial charge in [-0.05, 0) is 57.2 Å². The number of anilines is 1. The molecule has 0 unspecified atom stereocenters. The van der Waals surface area contributed by atoms with Gasteiger partial charge in [0.2, 0.25) is 15.9 Å². The van der Waals surface area contributed by atoms with Gasteiger partial charge < -0.3 is 19.9 Å². The average molecular weight is 571 g/mol. The van der Waals surface area contributed by atoms with E-state index in [1.54, 1.807) is 37.6 Å². The Hall–Kier alpha value is -3.51. The Labute approximate surface area is 235 Å². The lowest BCUT2D eigenvalue weighted by Crippen LogP contribution is -2.54. The summed E-state index contributed by atoms with van der Waals surface area (Å²) in [5.74, 6) is -0.339. The normalized spacial score (nSPS) is 15.1. The number of imidazole rings is 1. The molecule has 3 aromatic rings. The van der Waals surface area contributed by atoms with Gasteiger partial charge in [-0.25, -0.2) is 13.4 Å². The first-order valence-corrected chi connectivity index (χ1v) is 15.3. The van der Waals surface area contributed by atoms with Crippen molar-refractivity contribution in [2.75, 3.05) is 25.0 Å².